The van der Waals surface area contributed by atoms with Crippen molar-refractivity contribution in [1.29, 1.82) is 0 Å². The summed E-state index contributed by atoms with van der Waals surface area (Å²) in [5, 5.41) is 0. The molecule has 0 atom stereocenters. The molecule has 0 aromatic carbocycles. The second kappa shape index (κ2) is 61.2. The molecule has 41 valence electrons. The van der Waals surface area contributed by atoms with Crippen molar-refractivity contribution in [2.45, 2.75) is 0 Å². The maximum atomic E-state index is 8.50. The van der Waals surface area contributed by atoms with E-state index in [2.05, 4.69) is 15.9 Å². The van der Waals surface area contributed by atoms with E-state index < -0.39 is 19.1 Å². The SMILES string of the molecule is [O]=[Cu].[O]=[Ti]=[O].[O]=[Zn]. The average Bonchev–Trinajstić information content (AvgIpc) is 1.78. The summed E-state index contributed by atoms with van der Waals surface area (Å²) >= 11 is 1.06. The number of hydrogen-bond donors (Lipinski definition) is 0. The van der Waals surface area contributed by atoms with Gasteiger partial charge in [0.15, 0.2) is 0 Å². The van der Waals surface area contributed by atoms with E-state index in [0.29, 0.717) is 0 Å². The summed E-state index contributed by atoms with van der Waals surface area (Å²) in [7, 11) is 0. The molecule has 7 heteroatoms. The first-order valence-electron chi connectivity index (χ1n) is 0.820. The van der Waals surface area contributed by atoms with Crippen LogP contribution in [0.1, 0.15) is 0 Å². The van der Waals surface area contributed by atoms with Gasteiger partial charge in [-0.15, -0.1) is 0 Å². The van der Waals surface area contributed by atoms with Crippen molar-refractivity contribution in [3.05, 3.63) is 0 Å². The Balaban J connectivity index is -0.0000000360. The molecule has 0 N–H and O–H groups in total. The third kappa shape index (κ3) is 161. The molecule has 0 radical (unpaired) electrons. The normalized spacial score (nSPS) is 2.86. The zero-order valence-corrected chi connectivity index (χ0v) is 8.61. The summed E-state index contributed by atoms with van der Waals surface area (Å²) in [6.45, 7) is 0. The van der Waals surface area contributed by atoms with E-state index >= 15 is 0 Å². The van der Waals surface area contributed by atoms with Crippen molar-refractivity contribution >= 4 is 0 Å². The first-order valence-corrected chi connectivity index (χ1v) is 3.69. The van der Waals surface area contributed by atoms with E-state index in [0.717, 1.165) is 0 Å². The zero-order chi connectivity index (χ0) is 6.71. The standard InChI is InChI=1S/Cu.4O.Ti.Zn. The molecule has 0 aliphatic rings. The zero-order valence-electron chi connectivity index (χ0n) is 3.14. The van der Waals surface area contributed by atoms with Gasteiger partial charge in [-0.05, 0) is 0 Å². The Labute approximate surface area is 67.0 Å². The molecule has 0 spiro atoms. The monoisotopic (exact) mass is 239 g/mol. The molecule has 0 aliphatic heterocycles. The Hall–Kier alpha value is 1.06. The molecule has 7 heavy (non-hydrogen) atoms. The molecule has 0 fully saturated rings. The van der Waals surface area contributed by atoms with Crippen LogP contribution < -0.4 is 0 Å². The summed E-state index contributed by atoms with van der Waals surface area (Å²) in [4.78, 5) is 0. The van der Waals surface area contributed by atoms with Gasteiger partial charge in [-0.3, -0.25) is 0 Å². The van der Waals surface area contributed by atoms with Crippen LogP contribution in [0.15, 0.2) is 0 Å². The fourth-order valence-corrected chi connectivity index (χ4v) is 0. The molecule has 0 saturated carbocycles. The molecule has 4 nitrogen and oxygen atoms in total. The second-order valence-corrected chi connectivity index (χ2v) is 0.344. The van der Waals surface area contributed by atoms with E-state index in [9.17, 15) is 0 Å². The molecule has 0 aromatic rings. The van der Waals surface area contributed by atoms with Gasteiger partial charge in [-0.2, -0.15) is 0 Å². The van der Waals surface area contributed by atoms with Crippen LogP contribution in [0, 0.1) is 0 Å². The van der Waals surface area contributed by atoms with E-state index in [1.807, 2.05) is 0 Å². The third-order valence-corrected chi connectivity index (χ3v) is 0. The first kappa shape index (κ1) is 15.7. The van der Waals surface area contributed by atoms with E-state index in [1.165, 1.54) is 0 Å². The van der Waals surface area contributed by atoms with Gasteiger partial charge in [0.1, 0.15) is 0 Å². The van der Waals surface area contributed by atoms with Crippen LogP contribution in [0.4, 0.5) is 0 Å². The van der Waals surface area contributed by atoms with Gasteiger partial charge < -0.3 is 0 Å². The Kier molecular flexibility index (Phi) is 137. The predicted octanol–water partition coefficient (Wildman–Crippen LogP) is -0.483. The van der Waals surface area contributed by atoms with Crippen molar-refractivity contribution < 1.29 is 67.3 Å². The van der Waals surface area contributed by atoms with Crippen LogP contribution in [-0.4, -0.2) is 0 Å². The van der Waals surface area contributed by atoms with Gasteiger partial charge in [0.05, 0.1) is 0 Å². The van der Waals surface area contributed by atoms with Crippen LogP contribution in [0.2, 0.25) is 0 Å². The van der Waals surface area contributed by atoms with Crippen molar-refractivity contribution in [1.82, 2.24) is 0 Å². The van der Waals surface area contributed by atoms with Crippen molar-refractivity contribution in [2.75, 3.05) is 0 Å². The van der Waals surface area contributed by atoms with Gasteiger partial charge in [0, 0.05) is 0 Å². The number of hydrogen-bond acceptors (Lipinski definition) is 4. The fraction of sp³-hybridized carbons (Fsp3) is 0. The molecule has 0 heterocycles. The molecule has 0 aromatic heterocycles. The van der Waals surface area contributed by atoms with E-state index in [4.69, 9.17) is 14.1 Å². The Bertz CT molecular complexity index is 47.7. The topological polar surface area (TPSA) is 68.3 Å². The fourth-order valence-electron chi connectivity index (χ4n) is 0. The van der Waals surface area contributed by atoms with E-state index in [-0.39, 0.29) is 18.3 Å². The molecule has 0 saturated heterocycles. The van der Waals surface area contributed by atoms with Crippen LogP contribution in [0.25, 0.3) is 0 Å². The van der Waals surface area contributed by atoms with Gasteiger partial charge in [0.2, 0.25) is 0 Å². The van der Waals surface area contributed by atoms with Gasteiger partial charge >= 0.3 is 67.3 Å². The Morgan fingerprint density at radius 2 is 1.14 bits per heavy atom. The van der Waals surface area contributed by atoms with Crippen LogP contribution in [-0.2, 0) is 67.3 Å². The molecule has 0 bridgehead atoms. The Morgan fingerprint density at radius 3 is 1.14 bits per heavy atom. The van der Waals surface area contributed by atoms with E-state index in [1.54, 1.807) is 0 Å². The summed E-state index contributed by atoms with van der Waals surface area (Å²) in [5.41, 5.74) is 0. The molecule has 0 amide bonds. The molecule has 0 unspecified atom stereocenters. The van der Waals surface area contributed by atoms with Crippen LogP contribution in [0.5, 0.6) is 0 Å². The van der Waals surface area contributed by atoms with Crippen molar-refractivity contribution in [3.8, 4) is 0 Å². The van der Waals surface area contributed by atoms with Crippen molar-refractivity contribution in [3.63, 3.8) is 0 Å². The molecule has 0 rings (SSSR count). The minimum atomic E-state index is -2.00. The summed E-state index contributed by atoms with van der Waals surface area (Å²) in [5.74, 6) is 0. The van der Waals surface area contributed by atoms with Gasteiger partial charge in [-0.1, -0.05) is 0 Å². The quantitative estimate of drug-likeness (QED) is 0.537. The summed E-state index contributed by atoms with van der Waals surface area (Å²) in [6, 6.07) is 0. The molecule has 0 aliphatic carbocycles. The third-order valence-electron chi connectivity index (χ3n) is 0. The van der Waals surface area contributed by atoms with Crippen LogP contribution >= 0.6 is 0 Å². The van der Waals surface area contributed by atoms with Gasteiger partial charge in [-0.25, -0.2) is 0 Å². The Morgan fingerprint density at radius 1 is 1.14 bits per heavy atom. The summed E-state index contributed by atoms with van der Waals surface area (Å²) < 4.78 is 33.2. The average molecular weight is 241 g/mol. The number of rotatable bonds is 0. The summed E-state index contributed by atoms with van der Waals surface area (Å²) in [6.07, 6.45) is 0. The predicted molar refractivity (Wildman–Crippen MR) is 2.75 cm³/mol. The minimum absolute atomic E-state index is 0.125. The van der Waals surface area contributed by atoms with Gasteiger partial charge in [0.25, 0.3) is 0 Å². The molecular formula is CuO4TiZn. The second-order valence-electron chi connectivity index (χ2n) is 0.0833. The molecular weight excluding hydrogens is 241 g/mol. The van der Waals surface area contributed by atoms with Crippen LogP contribution in [0.3, 0.4) is 0 Å². The first-order chi connectivity index (χ1) is 3.41. The maximum absolute atomic E-state index is 8.50. The van der Waals surface area contributed by atoms with Crippen molar-refractivity contribution in [2.24, 2.45) is 0 Å².